The molecule has 0 fully saturated rings. The highest BCUT2D eigenvalue weighted by atomic mass is 16.5. The molecule has 188 valence electrons. The molecule has 0 aliphatic heterocycles. The topological polar surface area (TPSA) is 76.8 Å². The SMILES string of the molecule is CCCC(=O)OC[C@H](O)CN(Cc1c(CC)nn(-c2ccccc2)c1Oc1ccccc1)C(C)C. The number of aromatic nitrogens is 2. The molecule has 0 bridgehead atoms. The van der Waals surface area contributed by atoms with E-state index in [1.54, 1.807) is 0 Å². The van der Waals surface area contributed by atoms with Crippen molar-refractivity contribution in [2.75, 3.05) is 13.2 Å². The number of para-hydroxylation sites is 2. The van der Waals surface area contributed by atoms with Gasteiger partial charge < -0.3 is 14.6 Å². The third kappa shape index (κ3) is 7.41. The zero-order valence-corrected chi connectivity index (χ0v) is 21.2. The standard InChI is InChI=1S/C28H37N3O4/c1-5-13-27(33)34-20-23(32)18-30(21(3)4)19-25-26(6-2)29-31(22-14-9-7-10-15-22)28(25)35-24-16-11-8-12-17-24/h7-12,14-17,21,23,32H,5-6,13,18-20H2,1-4H3/t23-/m1/s1. The van der Waals surface area contributed by atoms with Crippen LogP contribution in [0.1, 0.15) is 51.8 Å². The second-order valence-corrected chi connectivity index (χ2v) is 8.86. The summed E-state index contributed by atoms with van der Waals surface area (Å²) in [5.41, 5.74) is 2.83. The van der Waals surface area contributed by atoms with Crippen molar-refractivity contribution < 1.29 is 19.4 Å². The molecule has 1 atom stereocenters. The van der Waals surface area contributed by atoms with Gasteiger partial charge in [0.1, 0.15) is 18.5 Å². The monoisotopic (exact) mass is 479 g/mol. The number of carbonyl (C=O) groups excluding carboxylic acids is 1. The van der Waals surface area contributed by atoms with Gasteiger partial charge >= 0.3 is 5.97 Å². The summed E-state index contributed by atoms with van der Waals surface area (Å²) in [6.45, 7) is 9.06. The molecule has 0 aliphatic carbocycles. The molecular weight excluding hydrogens is 442 g/mol. The summed E-state index contributed by atoms with van der Waals surface area (Å²) < 4.78 is 13.5. The van der Waals surface area contributed by atoms with Gasteiger partial charge in [0.15, 0.2) is 0 Å². The van der Waals surface area contributed by atoms with Crippen LogP contribution in [0.5, 0.6) is 11.6 Å². The Morgan fingerprint density at radius 3 is 2.31 bits per heavy atom. The molecule has 0 saturated carbocycles. The molecule has 1 heterocycles. The van der Waals surface area contributed by atoms with Crippen molar-refractivity contribution in [3.8, 4) is 17.3 Å². The van der Waals surface area contributed by atoms with Crippen LogP contribution in [-0.2, 0) is 22.5 Å². The third-order valence-corrected chi connectivity index (χ3v) is 5.74. The summed E-state index contributed by atoms with van der Waals surface area (Å²) in [4.78, 5) is 13.9. The molecule has 35 heavy (non-hydrogen) atoms. The Labute approximate surface area is 208 Å². The van der Waals surface area contributed by atoms with E-state index < -0.39 is 6.10 Å². The number of hydrogen-bond donors (Lipinski definition) is 1. The number of benzene rings is 2. The average Bonchev–Trinajstić information content (AvgIpc) is 3.20. The molecule has 0 saturated heterocycles. The first-order valence-electron chi connectivity index (χ1n) is 12.4. The highest BCUT2D eigenvalue weighted by Gasteiger charge is 2.25. The van der Waals surface area contributed by atoms with E-state index in [1.165, 1.54) is 0 Å². The number of nitrogens with zero attached hydrogens (tertiary/aromatic N) is 3. The van der Waals surface area contributed by atoms with Crippen molar-refractivity contribution in [3.05, 3.63) is 71.9 Å². The Morgan fingerprint density at radius 1 is 1.06 bits per heavy atom. The minimum absolute atomic E-state index is 0.0145. The first-order valence-corrected chi connectivity index (χ1v) is 12.4. The second-order valence-electron chi connectivity index (χ2n) is 8.86. The lowest BCUT2D eigenvalue weighted by Crippen LogP contribution is -2.39. The molecule has 0 amide bonds. The Bertz CT molecular complexity index is 1050. The van der Waals surface area contributed by atoms with Crippen LogP contribution >= 0.6 is 0 Å². The zero-order valence-electron chi connectivity index (χ0n) is 21.2. The number of esters is 1. The molecule has 2 aromatic carbocycles. The summed E-state index contributed by atoms with van der Waals surface area (Å²) in [7, 11) is 0. The maximum absolute atomic E-state index is 11.7. The largest absolute Gasteiger partial charge is 0.463 e. The molecule has 3 aromatic rings. The van der Waals surface area contributed by atoms with E-state index in [0.29, 0.717) is 25.4 Å². The summed E-state index contributed by atoms with van der Waals surface area (Å²) >= 11 is 0. The van der Waals surface area contributed by atoms with E-state index in [9.17, 15) is 9.90 Å². The number of aliphatic hydroxyl groups is 1. The van der Waals surface area contributed by atoms with Crippen LogP contribution in [0.25, 0.3) is 5.69 Å². The normalized spacial score (nSPS) is 12.2. The molecule has 0 aliphatic rings. The van der Waals surface area contributed by atoms with Crippen LogP contribution in [0, 0.1) is 0 Å². The summed E-state index contributed by atoms with van der Waals surface area (Å²) in [6, 6.07) is 19.8. The first-order chi connectivity index (χ1) is 16.9. The van der Waals surface area contributed by atoms with Crippen molar-refractivity contribution in [2.24, 2.45) is 0 Å². The first kappa shape index (κ1) is 26.4. The highest BCUT2D eigenvalue weighted by Crippen LogP contribution is 2.32. The van der Waals surface area contributed by atoms with Gasteiger partial charge in [0.2, 0.25) is 5.88 Å². The number of carbonyl (C=O) groups is 1. The van der Waals surface area contributed by atoms with Crippen LogP contribution in [0.4, 0.5) is 0 Å². The fourth-order valence-electron chi connectivity index (χ4n) is 3.82. The fraction of sp³-hybridized carbons (Fsp3) is 0.429. The summed E-state index contributed by atoms with van der Waals surface area (Å²) in [6.07, 6.45) is 1.04. The van der Waals surface area contributed by atoms with Gasteiger partial charge in [-0.05, 0) is 51.0 Å². The van der Waals surface area contributed by atoms with E-state index in [1.807, 2.05) is 72.3 Å². The van der Waals surface area contributed by atoms with Gasteiger partial charge in [-0.15, -0.1) is 0 Å². The van der Waals surface area contributed by atoms with Gasteiger partial charge in [-0.3, -0.25) is 9.69 Å². The van der Waals surface area contributed by atoms with E-state index in [2.05, 4.69) is 25.7 Å². The molecule has 3 rings (SSSR count). The van der Waals surface area contributed by atoms with Gasteiger partial charge in [-0.25, -0.2) is 4.68 Å². The van der Waals surface area contributed by atoms with E-state index in [0.717, 1.165) is 35.5 Å². The molecule has 7 heteroatoms. The van der Waals surface area contributed by atoms with Gasteiger partial charge in [-0.2, -0.15) is 5.10 Å². The maximum atomic E-state index is 11.7. The number of hydrogen-bond acceptors (Lipinski definition) is 6. The third-order valence-electron chi connectivity index (χ3n) is 5.74. The van der Waals surface area contributed by atoms with E-state index in [-0.39, 0.29) is 18.6 Å². The van der Waals surface area contributed by atoms with Crippen molar-refractivity contribution in [1.29, 1.82) is 0 Å². The van der Waals surface area contributed by atoms with Gasteiger partial charge in [0, 0.05) is 25.6 Å². The predicted octanol–water partition coefficient (Wildman–Crippen LogP) is 5.14. The Kier molecular flexibility index (Phi) is 9.87. The van der Waals surface area contributed by atoms with Gasteiger partial charge in [0.25, 0.3) is 0 Å². The lowest BCUT2D eigenvalue weighted by Gasteiger charge is -2.29. The van der Waals surface area contributed by atoms with Crippen LogP contribution < -0.4 is 4.74 Å². The number of rotatable bonds is 13. The second kappa shape index (κ2) is 13.1. The number of aliphatic hydroxyl groups excluding tert-OH is 1. The minimum Gasteiger partial charge on any atom is -0.463 e. The summed E-state index contributed by atoms with van der Waals surface area (Å²) in [5.74, 6) is 1.11. The van der Waals surface area contributed by atoms with Gasteiger partial charge in [-0.1, -0.05) is 50.2 Å². The Hall–Kier alpha value is -3.16. The number of ether oxygens (including phenoxy) is 2. The quantitative estimate of drug-likeness (QED) is 0.342. The summed E-state index contributed by atoms with van der Waals surface area (Å²) in [5, 5.41) is 15.5. The van der Waals surface area contributed by atoms with Crippen molar-refractivity contribution >= 4 is 5.97 Å². The van der Waals surface area contributed by atoms with Crippen LogP contribution in [0.15, 0.2) is 60.7 Å². The van der Waals surface area contributed by atoms with Gasteiger partial charge in [0.05, 0.1) is 16.9 Å². The van der Waals surface area contributed by atoms with Crippen molar-refractivity contribution in [2.45, 2.75) is 65.6 Å². The van der Waals surface area contributed by atoms with E-state index >= 15 is 0 Å². The lowest BCUT2D eigenvalue weighted by molar-refractivity contribution is -0.147. The van der Waals surface area contributed by atoms with Crippen LogP contribution in [0.2, 0.25) is 0 Å². The smallest absolute Gasteiger partial charge is 0.305 e. The van der Waals surface area contributed by atoms with Crippen molar-refractivity contribution in [3.63, 3.8) is 0 Å². The van der Waals surface area contributed by atoms with E-state index in [4.69, 9.17) is 14.6 Å². The fourth-order valence-corrected chi connectivity index (χ4v) is 3.82. The highest BCUT2D eigenvalue weighted by molar-refractivity contribution is 5.69. The predicted molar refractivity (Wildman–Crippen MR) is 137 cm³/mol. The molecule has 1 N–H and O–H groups in total. The molecular formula is C28H37N3O4. The Morgan fingerprint density at radius 2 is 1.71 bits per heavy atom. The molecule has 7 nitrogen and oxygen atoms in total. The average molecular weight is 480 g/mol. The molecule has 0 unspecified atom stereocenters. The minimum atomic E-state index is -0.786. The van der Waals surface area contributed by atoms with Crippen molar-refractivity contribution in [1.82, 2.24) is 14.7 Å². The molecule has 0 radical (unpaired) electrons. The van der Waals surface area contributed by atoms with Crippen LogP contribution in [0.3, 0.4) is 0 Å². The maximum Gasteiger partial charge on any atom is 0.305 e. The number of aryl methyl sites for hydroxylation is 1. The van der Waals surface area contributed by atoms with Crippen LogP contribution in [-0.4, -0.2) is 51.1 Å². The molecule has 0 spiro atoms. The lowest BCUT2D eigenvalue weighted by atomic mass is 10.1. The molecule has 1 aromatic heterocycles. The zero-order chi connectivity index (χ0) is 25.2. The Balaban J connectivity index is 1.90.